The number of benzene rings is 1. The molecule has 0 aliphatic heterocycles. The third kappa shape index (κ3) is 1.76. The highest BCUT2D eigenvalue weighted by Crippen LogP contribution is 2.37. The molecular formula is C17H17N. The van der Waals surface area contributed by atoms with Crippen LogP contribution in [0.25, 0.3) is 17.3 Å². The summed E-state index contributed by atoms with van der Waals surface area (Å²) < 4.78 is 0. The Morgan fingerprint density at radius 2 is 1.89 bits per heavy atom. The fourth-order valence-electron chi connectivity index (χ4n) is 2.53. The molecule has 90 valence electrons. The van der Waals surface area contributed by atoms with Crippen LogP contribution in [0.5, 0.6) is 0 Å². The predicted molar refractivity (Wildman–Crippen MR) is 76.5 cm³/mol. The summed E-state index contributed by atoms with van der Waals surface area (Å²) >= 11 is 0. The van der Waals surface area contributed by atoms with Gasteiger partial charge in [-0.25, -0.2) is 0 Å². The molecule has 0 spiro atoms. The Labute approximate surface area is 108 Å². The first-order valence-corrected chi connectivity index (χ1v) is 6.33. The summed E-state index contributed by atoms with van der Waals surface area (Å²) in [7, 11) is 0. The Morgan fingerprint density at radius 1 is 1.06 bits per heavy atom. The van der Waals surface area contributed by atoms with E-state index in [1.807, 2.05) is 12.3 Å². The lowest BCUT2D eigenvalue weighted by atomic mass is 9.86. The van der Waals surface area contributed by atoms with Gasteiger partial charge in [0.05, 0.1) is 5.69 Å². The zero-order valence-electron chi connectivity index (χ0n) is 11.1. The van der Waals surface area contributed by atoms with Crippen molar-refractivity contribution in [3.63, 3.8) is 0 Å². The van der Waals surface area contributed by atoms with Crippen LogP contribution < -0.4 is 0 Å². The molecule has 1 nitrogen and oxygen atoms in total. The van der Waals surface area contributed by atoms with Gasteiger partial charge in [0.1, 0.15) is 0 Å². The van der Waals surface area contributed by atoms with Gasteiger partial charge in [-0.1, -0.05) is 38.1 Å². The number of rotatable bonds is 1. The molecule has 1 heterocycles. The van der Waals surface area contributed by atoms with Crippen molar-refractivity contribution in [2.24, 2.45) is 0 Å². The van der Waals surface area contributed by atoms with Crippen molar-refractivity contribution in [3.05, 3.63) is 59.3 Å². The largest absolute Gasteiger partial charge is 0.256 e. The Morgan fingerprint density at radius 3 is 2.67 bits per heavy atom. The van der Waals surface area contributed by atoms with Crippen LogP contribution in [0.3, 0.4) is 0 Å². The SMILES string of the molecule is Cc1ccnc(-c2ccc3c(c2)C=CC3(C)C)c1. The van der Waals surface area contributed by atoms with Crippen LogP contribution in [0.4, 0.5) is 0 Å². The van der Waals surface area contributed by atoms with E-state index in [1.54, 1.807) is 0 Å². The number of pyridine rings is 1. The van der Waals surface area contributed by atoms with Crippen LogP contribution in [0.1, 0.15) is 30.5 Å². The second kappa shape index (κ2) is 3.81. The summed E-state index contributed by atoms with van der Waals surface area (Å²) in [6, 6.07) is 10.8. The molecule has 0 atom stereocenters. The van der Waals surface area contributed by atoms with Gasteiger partial charge in [0, 0.05) is 17.2 Å². The average Bonchev–Trinajstić information content (AvgIpc) is 2.65. The highest BCUT2D eigenvalue weighted by atomic mass is 14.7. The molecule has 1 aliphatic rings. The predicted octanol–water partition coefficient (Wildman–Crippen LogP) is 4.36. The first-order chi connectivity index (χ1) is 8.56. The number of nitrogens with zero attached hydrogens (tertiary/aromatic N) is 1. The second-order valence-corrected chi connectivity index (χ2v) is 5.58. The summed E-state index contributed by atoms with van der Waals surface area (Å²) in [5.74, 6) is 0. The van der Waals surface area contributed by atoms with E-state index >= 15 is 0 Å². The van der Waals surface area contributed by atoms with E-state index in [0.717, 1.165) is 5.69 Å². The van der Waals surface area contributed by atoms with Gasteiger partial charge in [0.25, 0.3) is 0 Å². The van der Waals surface area contributed by atoms with Gasteiger partial charge >= 0.3 is 0 Å². The molecule has 1 aromatic heterocycles. The maximum Gasteiger partial charge on any atom is 0.0704 e. The van der Waals surface area contributed by atoms with Gasteiger partial charge < -0.3 is 0 Å². The highest BCUT2D eigenvalue weighted by Gasteiger charge is 2.24. The summed E-state index contributed by atoms with van der Waals surface area (Å²) in [6.07, 6.45) is 6.36. The number of allylic oxidation sites excluding steroid dienone is 1. The molecule has 1 aliphatic carbocycles. The highest BCUT2D eigenvalue weighted by molar-refractivity contribution is 5.71. The maximum atomic E-state index is 4.45. The number of aryl methyl sites for hydroxylation is 1. The zero-order chi connectivity index (χ0) is 12.8. The van der Waals surface area contributed by atoms with Gasteiger partial charge in [-0.3, -0.25) is 4.98 Å². The van der Waals surface area contributed by atoms with Gasteiger partial charge in [0.2, 0.25) is 0 Å². The van der Waals surface area contributed by atoms with Crippen molar-refractivity contribution in [3.8, 4) is 11.3 Å². The van der Waals surface area contributed by atoms with Crippen LogP contribution in [0.2, 0.25) is 0 Å². The van der Waals surface area contributed by atoms with Gasteiger partial charge in [0.15, 0.2) is 0 Å². The molecule has 1 aromatic carbocycles. The first kappa shape index (κ1) is 11.2. The molecule has 0 saturated heterocycles. The van der Waals surface area contributed by atoms with Crippen LogP contribution >= 0.6 is 0 Å². The van der Waals surface area contributed by atoms with E-state index in [0.29, 0.717) is 0 Å². The third-order valence-electron chi connectivity index (χ3n) is 3.64. The lowest BCUT2D eigenvalue weighted by Crippen LogP contribution is -2.10. The molecule has 0 N–H and O–H groups in total. The fourth-order valence-corrected chi connectivity index (χ4v) is 2.53. The molecule has 3 rings (SSSR count). The Kier molecular flexibility index (Phi) is 2.37. The number of hydrogen-bond acceptors (Lipinski definition) is 1. The Bertz CT molecular complexity index is 636. The summed E-state index contributed by atoms with van der Waals surface area (Å²) in [4.78, 5) is 4.45. The fraction of sp³-hybridized carbons (Fsp3) is 0.235. The zero-order valence-corrected chi connectivity index (χ0v) is 11.1. The lowest BCUT2D eigenvalue weighted by Gasteiger charge is -2.18. The molecule has 0 fully saturated rings. The molecule has 18 heavy (non-hydrogen) atoms. The van der Waals surface area contributed by atoms with Crippen LogP contribution in [0.15, 0.2) is 42.6 Å². The molecule has 0 radical (unpaired) electrons. The topological polar surface area (TPSA) is 12.9 Å². The third-order valence-corrected chi connectivity index (χ3v) is 3.64. The molecule has 1 heteroatoms. The number of aromatic nitrogens is 1. The number of fused-ring (bicyclic) bond motifs is 1. The standard InChI is InChI=1S/C17H17N/c1-12-7-9-18-16(10-12)14-4-5-15-13(11-14)6-8-17(15,2)3/h4-11H,1-3H3. The van der Waals surface area contributed by atoms with Gasteiger partial charge in [-0.05, 0) is 41.8 Å². The quantitative estimate of drug-likeness (QED) is 0.715. The summed E-state index contributed by atoms with van der Waals surface area (Å²) in [5, 5.41) is 0. The van der Waals surface area contributed by atoms with Gasteiger partial charge in [-0.2, -0.15) is 0 Å². The molecular weight excluding hydrogens is 218 g/mol. The minimum Gasteiger partial charge on any atom is -0.256 e. The smallest absolute Gasteiger partial charge is 0.0704 e. The molecule has 0 amide bonds. The normalized spacial score (nSPS) is 15.7. The van der Waals surface area contributed by atoms with Crippen molar-refractivity contribution in [1.29, 1.82) is 0 Å². The van der Waals surface area contributed by atoms with E-state index in [2.05, 4.69) is 62.2 Å². The Balaban J connectivity index is 2.10. The van der Waals surface area contributed by atoms with Crippen LogP contribution in [-0.4, -0.2) is 4.98 Å². The van der Waals surface area contributed by atoms with Crippen LogP contribution in [0, 0.1) is 6.92 Å². The van der Waals surface area contributed by atoms with E-state index in [-0.39, 0.29) is 5.41 Å². The van der Waals surface area contributed by atoms with Gasteiger partial charge in [-0.15, -0.1) is 0 Å². The van der Waals surface area contributed by atoms with Crippen molar-refractivity contribution in [1.82, 2.24) is 4.98 Å². The number of hydrogen-bond donors (Lipinski definition) is 0. The lowest BCUT2D eigenvalue weighted by molar-refractivity contribution is 0.683. The van der Waals surface area contributed by atoms with Crippen LogP contribution in [-0.2, 0) is 5.41 Å². The van der Waals surface area contributed by atoms with Crippen molar-refractivity contribution >= 4 is 6.08 Å². The summed E-state index contributed by atoms with van der Waals surface area (Å²) in [5.41, 5.74) is 6.38. The molecule has 0 bridgehead atoms. The van der Waals surface area contributed by atoms with E-state index in [4.69, 9.17) is 0 Å². The average molecular weight is 235 g/mol. The molecule has 2 aromatic rings. The first-order valence-electron chi connectivity index (χ1n) is 6.33. The minimum absolute atomic E-state index is 0.161. The molecule has 0 saturated carbocycles. The van der Waals surface area contributed by atoms with Crippen molar-refractivity contribution in [2.45, 2.75) is 26.2 Å². The second-order valence-electron chi connectivity index (χ2n) is 5.58. The maximum absolute atomic E-state index is 4.45. The Hall–Kier alpha value is -1.89. The monoisotopic (exact) mass is 235 g/mol. The van der Waals surface area contributed by atoms with Crippen molar-refractivity contribution < 1.29 is 0 Å². The van der Waals surface area contributed by atoms with E-state index in [1.165, 1.54) is 22.3 Å². The summed E-state index contributed by atoms with van der Waals surface area (Å²) in [6.45, 7) is 6.60. The van der Waals surface area contributed by atoms with E-state index < -0.39 is 0 Å². The molecule has 0 unspecified atom stereocenters. The van der Waals surface area contributed by atoms with E-state index in [9.17, 15) is 0 Å². The van der Waals surface area contributed by atoms with Crippen molar-refractivity contribution in [2.75, 3.05) is 0 Å². The minimum atomic E-state index is 0.161.